The number of likely N-dealkylation sites (tertiary alicyclic amines) is 2. The van der Waals surface area contributed by atoms with E-state index in [1.807, 2.05) is 0 Å². The summed E-state index contributed by atoms with van der Waals surface area (Å²) >= 11 is 0. The average Bonchev–Trinajstić information content (AvgIpc) is 2.53. The Morgan fingerprint density at radius 2 is 1.71 bits per heavy atom. The summed E-state index contributed by atoms with van der Waals surface area (Å²) in [4.78, 5) is 26.1. The van der Waals surface area contributed by atoms with Crippen LogP contribution in [0.5, 0.6) is 0 Å². The summed E-state index contributed by atoms with van der Waals surface area (Å²) in [5.74, 6) is 0.512. The first-order valence-electron chi connectivity index (χ1n) is 7.89. The average molecular weight is 298 g/mol. The van der Waals surface area contributed by atoms with Gasteiger partial charge in [0.25, 0.3) is 0 Å². The molecule has 2 heterocycles. The third kappa shape index (κ3) is 4.59. The first kappa shape index (κ1) is 16.1. The second-order valence-electron chi connectivity index (χ2n) is 6.09. The number of esters is 1. The van der Waals surface area contributed by atoms with E-state index in [2.05, 4.69) is 9.64 Å². The van der Waals surface area contributed by atoms with E-state index in [1.54, 1.807) is 0 Å². The lowest BCUT2D eigenvalue weighted by Crippen LogP contribution is -2.48. The summed E-state index contributed by atoms with van der Waals surface area (Å²) in [5, 5.41) is 8.97. The monoisotopic (exact) mass is 298 g/mol. The maximum atomic E-state index is 11.2. The minimum atomic E-state index is -0.796. The Hall–Kier alpha value is -1.30. The van der Waals surface area contributed by atoms with E-state index in [0.29, 0.717) is 31.5 Å². The number of methoxy groups -OCH3 is 1. The number of hydrogen-bond acceptors (Lipinski definition) is 4. The van der Waals surface area contributed by atoms with E-state index in [0.717, 1.165) is 45.2 Å². The highest BCUT2D eigenvalue weighted by Crippen LogP contribution is 2.26. The van der Waals surface area contributed by atoms with Gasteiger partial charge in [0, 0.05) is 25.6 Å². The smallest absolute Gasteiger partial charge is 0.407 e. The fourth-order valence-corrected chi connectivity index (χ4v) is 3.45. The Labute approximate surface area is 126 Å². The molecule has 0 atom stereocenters. The van der Waals surface area contributed by atoms with Gasteiger partial charge in [-0.1, -0.05) is 0 Å². The molecule has 0 saturated carbocycles. The van der Waals surface area contributed by atoms with E-state index >= 15 is 0 Å². The van der Waals surface area contributed by atoms with Gasteiger partial charge in [0.05, 0.1) is 7.11 Å². The maximum Gasteiger partial charge on any atom is 0.407 e. The molecular formula is C15H26N2O4. The molecule has 120 valence electrons. The topological polar surface area (TPSA) is 70.1 Å². The molecule has 2 rings (SSSR count). The van der Waals surface area contributed by atoms with Crippen molar-refractivity contribution in [3.8, 4) is 0 Å². The van der Waals surface area contributed by atoms with Crippen LogP contribution in [0.1, 0.15) is 38.5 Å². The second-order valence-corrected chi connectivity index (χ2v) is 6.09. The maximum absolute atomic E-state index is 11.2. The molecule has 0 aromatic rings. The molecule has 0 aliphatic carbocycles. The van der Waals surface area contributed by atoms with Crippen molar-refractivity contribution in [2.75, 3.05) is 33.3 Å². The molecule has 0 spiro atoms. The van der Waals surface area contributed by atoms with Gasteiger partial charge in [0.2, 0.25) is 0 Å². The Balaban J connectivity index is 1.67. The highest BCUT2D eigenvalue weighted by molar-refractivity contribution is 5.69. The molecule has 2 aliphatic heterocycles. The van der Waals surface area contributed by atoms with Gasteiger partial charge in [-0.15, -0.1) is 0 Å². The molecule has 0 aromatic heterocycles. The number of hydrogen-bond donors (Lipinski definition) is 1. The number of rotatable bonds is 4. The highest BCUT2D eigenvalue weighted by atomic mass is 16.5. The van der Waals surface area contributed by atoms with Crippen LogP contribution in [0, 0.1) is 5.92 Å². The fourth-order valence-electron chi connectivity index (χ4n) is 3.45. The third-order valence-corrected chi connectivity index (χ3v) is 4.88. The number of carboxylic acid groups (broad SMARTS) is 1. The number of ether oxygens (including phenoxy) is 1. The molecule has 0 aromatic carbocycles. The molecule has 0 unspecified atom stereocenters. The zero-order chi connectivity index (χ0) is 15.2. The summed E-state index contributed by atoms with van der Waals surface area (Å²) < 4.78 is 4.68. The molecule has 2 saturated heterocycles. The first-order valence-corrected chi connectivity index (χ1v) is 7.89. The lowest BCUT2D eigenvalue weighted by Gasteiger charge is -2.41. The van der Waals surface area contributed by atoms with Gasteiger partial charge in [-0.05, 0) is 51.1 Å². The zero-order valence-electron chi connectivity index (χ0n) is 12.8. The van der Waals surface area contributed by atoms with Crippen LogP contribution in [-0.2, 0) is 9.53 Å². The molecule has 6 nitrogen and oxygen atoms in total. The van der Waals surface area contributed by atoms with Crippen LogP contribution in [0.2, 0.25) is 0 Å². The fraction of sp³-hybridized carbons (Fsp3) is 0.867. The second kappa shape index (κ2) is 7.64. The van der Waals surface area contributed by atoms with Crippen LogP contribution in [0.4, 0.5) is 4.79 Å². The van der Waals surface area contributed by atoms with Crippen molar-refractivity contribution in [1.29, 1.82) is 0 Å². The molecule has 21 heavy (non-hydrogen) atoms. The standard InChI is InChI=1S/C15H26N2O4/c1-21-14(18)3-2-12-4-8-16(9-5-12)13-6-10-17(11-7-13)15(19)20/h12-13H,2-11H2,1H3,(H,19,20). The van der Waals surface area contributed by atoms with E-state index in [9.17, 15) is 9.59 Å². The largest absolute Gasteiger partial charge is 0.469 e. The third-order valence-electron chi connectivity index (χ3n) is 4.88. The van der Waals surface area contributed by atoms with Crippen molar-refractivity contribution >= 4 is 12.1 Å². The predicted octanol–water partition coefficient (Wildman–Crippen LogP) is 1.79. The molecule has 0 radical (unpaired) electrons. The van der Waals surface area contributed by atoms with Crippen LogP contribution in [-0.4, -0.2) is 66.3 Å². The van der Waals surface area contributed by atoms with Crippen LogP contribution in [0.25, 0.3) is 0 Å². The normalized spacial score (nSPS) is 22.2. The van der Waals surface area contributed by atoms with Gasteiger partial charge in [-0.25, -0.2) is 4.79 Å². The van der Waals surface area contributed by atoms with Crippen LogP contribution in [0.3, 0.4) is 0 Å². The Bertz CT molecular complexity index is 359. The van der Waals surface area contributed by atoms with Crippen molar-refractivity contribution in [1.82, 2.24) is 9.80 Å². The summed E-state index contributed by atoms with van der Waals surface area (Å²) in [6.07, 6.45) is 4.82. The number of nitrogens with zero attached hydrogens (tertiary/aromatic N) is 2. The van der Waals surface area contributed by atoms with Crippen LogP contribution < -0.4 is 0 Å². The SMILES string of the molecule is COC(=O)CCC1CCN(C2CCN(C(=O)O)CC2)CC1. The zero-order valence-corrected chi connectivity index (χ0v) is 12.8. The van der Waals surface area contributed by atoms with Gasteiger partial charge in [-0.2, -0.15) is 0 Å². The van der Waals surface area contributed by atoms with Crippen molar-refractivity contribution < 1.29 is 19.4 Å². The first-order chi connectivity index (χ1) is 10.1. The Kier molecular flexibility index (Phi) is 5.85. The lowest BCUT2D eigenvalue weighted by atomic mass is 9.90. The highest BCUT2D eigenvalue weighted by Gasteiger charge is 2.29. The van der Waals surface area contributed by atoms with Gasteiger partial charge < -0.3 is 19.6 Å². The predicted molar refractivity (Wildman–Crippen MR) is 78.2 cm³/mol. The number of carbonyl (C=O) groups is 2. The van der Waals surface area contributed by atoms with E-state index in [-0.39, 0.29) is 5.97 Å². The van der Waals surface area contributed by atoms with Crippen molar-refractivity contribution in [2.45, 2.75) is 44.6 Å². The Morgan fingerprint density at radius 3 is 2.24 bits per heavy atom. The summed E-state index contributed by atoms with van der Waals surface area (Å²) in [6, 6.07) is 0.530. The van der Waals surface area contributed by atoms with Gasteiger partial charge >= 0.3 is 12.1 Å². The molecule has 6 heteroatoms. The van der Waals surface area contributed by atoms with E-state index < -0.39 is 6.09 Å². The quantitative estimate of drug-likeness (QED) is 0.801. The number of piperidine rings is 2. The molecule has 1 N–H and O–H groups in total. The van der Waals surface area contributed by atoms with Gasteiger partial charge in [0.15, 0.2) is 0 Å². The van der Waals surface area contributed by atoms with Crippen molar-refractivity contribution in [3.05, 3.63) is 0 Å². The molecule has 1 amide bonds. The van der Waals surface area contributed by atoms with Crippen molar-refractivity contribution in [3.63, 3.8) is 0 Å². The summed E-state index contributed by atoms with van der Waals surface area (Å²) in [7, 11) is 1.44. The van der Waals surface area contributed by atoms with E-state index in [1.165, 1.54) is 12.0 Å². The molecular weight excluding hydrogens is 272 g/mol. The lowest BCUT2D eigenvalue weighted by molar-refractivity contribution is -0.141. The summed E-state index contributed by atoms with van der Waals surface area (Å²) in [5.41, 5.74) is 0. The molecule has 2 aliphatic rings. The van der Waals surface area contributed by atoms with Crippen molar-refractivity contribution in [2.24, 2.45) is 5.92 Å². The molecule has 2 fully saturated rings. The van der Waals surface area contributed by atoms with Crippen LogP contribution in [0.15, 0.2) is 0 Å². The Morgan fingerprint density at radius 1 is 1.10 bits per heavy atom. The number of amides is 1. The van der Waals surface area contributed by atoms with Gasteiger partial charge in [-0.3, -0.25) is 4.79 Å². The number of carbonyl (C=O) groups excluding carboxylic acids is 1. The summed E-state index contributed by atoms with van der Waals surface area (Å²) in [6.45, 7) is 3.46. The van der Waals surface area contributed by atoms with Crippen LogP contribution >= 0.6 is 0 Å². The molecule has 0 bridgehead atoms. The minimum Gasteiger partial charge on any atom is -0.469 e. The van der Waals surface area contributed by atoms with Gasteiger partial charge in [0.1, 0.15) is 0 Å². The minimum absolute atomic E-state index is 0.113. The van der Waals surface area contributed by atoms with E-state index in [4.69, 9.17) is 5.11 Å².